The second-order valence-corrected chi connectivity index (χ2v) is 9.04. The van der Waals surface area contributed by atoms with Gasteiger partial charge in [-0.2, -0.15) is 0 Å². The minimum Gasteiger partial charge on any atom is -0.299 e. The summed E-state index contributed by atoms with van der Waals surface area (Å²) < 4.78 is 28.4. The predicted molar refractivity (Wildman–Crippen MR) is 122 cm³/mol. The van der Waals surface area contributed by atoms with Crippen LogP contribution in [0.1, 0.15) is 17.5 Å². The Bertz CT molecular complexity index is 1300. The number of rotatable bonds is 8. The van der Waals surface area contributed by atoms with Crippen molar-refractivity contribution >= 4 is 32.3 Å². The van der Waals surface area contributed by atoms with Crippen molar-refractivity contribution in [2.75, 3.05) is 4.72 Å². The molecule has 6 heteroatoms. The fourth-order valence-electron chi connectivity index (χ4n) is 3.45. The molecule has 4 rings (SSSR count). The van der Waals surface area contributed by atoms with Crippen molar-refractivity contribution in [2.45, 2.75) is 24.2 Å². The molecule has 0 fully saturated rings. The fourth-order valence-corrected chi connectivity index (χ4v) is 4.53. The van der Waals surface area contributed by atoms with Crippen molar-refractivity contribution < 1.29 is 13.2 Å². The quantitative estimate of drug-likeness (QED) is 0.436. The van der Waals surface area contributed by atoms with Crippen LogP contribution in [0.5, 0.6) is 0 Å². The van der Waals surface area contributed by atoms with Gasteiger partial charge in [-0.25, -0.2) is 8.42 Å². The Morgan fingerprint density at radius 1 is 0.839 bits per heavy atom. The second-order valence-electron chi connectivity index (χ2n) is 7.35. The van der Waals surface area contributed by atoms with Gasteiger partial charge in [0.1, 0.15) is 5.78 Å². The third-order valence-electron chi connectivity index (χ3n) is 5.08. The standard InChI is InChI=1S/C25H22N2O3S/c28-22(13-10-20-5-4-16-26-18-20)17-19-11-14-23(15-12-19)31(29,30)27-25-9-3-7-21-6-1-2-8-24(21)25/h1-9,11-12,14-16,18,27H,10,13,17H2. The number of ketones is 1. The van der Waals surface area contributed by atoms with E-state index in [9.17, 15) is 13.2 Å². The molecule has 31 heavy (non-hydrogen) atoms. The molecule has 156 valence electrons. The molecule has 4 aromatic rings. The fraction of sp³-hybridized carbons (Fsp3) is 0.120. The van der Waals surface area contributed by atoms with Crippen LogP contribution < -0.4 is 4.72 Å². The molecule has 3 aromatic carbocycles. The van der Waals surface area contributed by atoms with Gasteiger partial charge in [-0.05, 0) is 47.2 Å². The number of hydrogen-bond acceptors (Lipinski definition) is 4. The molecular formula is C25H22N2O3S. The first-order chi connectivity index (χ1) is 15.0. The maximum absolute atomic E-state index is 12.9. The summed E-state index contributed by atoms with van der Waals surface area (Å²) in [4.78, 5) is 16.5. The average Bonchev–Trinajstić information content (AvgIpc) is 2.79. The first-order valence-corrected chi connectivity index (χ1v) is 11.5. The van der Waals surface area contributed by atoms with Crippen molar-refractivity contribution in [2.24, 2.45) is 0 Å². The van der Waals surface area contributed by atoms with Gasteiger partial charge in [0.15, 0.2) is 0 Å². The number of aryl methyl sites for hydroxylation is 1. The first-order valence-electron chi connectivity index (χ1n) is 10.0. The van der Waals surface area contributed by atoms with E-state index >= 15 is 0 Å². The lowest BCUT2D eigenvalue weighted by atomic mass is 10.0. The summed E-state index contributed by atoms with van der Waals surface area (Å²) >= 11 is 0. The number of nitrogens with one attached hydrogen (secondary N) is 1. The highest BCUT2D eigenvalue weighted by molar-refractivity contribution is 7.92. The number of carbonyl (C=O) groups excluding carboxylic acids is 1. The van der Waals surface area contributed by atoms with Crippen molar-refractivity contribution in [3.8, 4) is 0 Å². The van der Waals surface area contributed by atoms with Crippen LogP contribution in [0.15, 0.2) is 96.2 Å². The largest absolute Gasteiger partial charge is 0.299 e. The van der Waals surface area contributed by atoms with Gasteiger partial charge in [-0.3, -0.25) is 14.5 Å². The summed E-state index contributed by atoms with van der Waals surface area (Å²) in [7, 11) is -3.74. The van der Waals surface area contributed by atoms with E-state index in [1.54, 1.807) is 30.6 Å². The number of sulfonamides is 1. The summed E-state index contributed by atoms with van der Waals surface area (Å²) in [5.41, 5.74) is 2.35. The topological polar surface area (TPSA) is 76.1 Å². The van der Waals surface area contributed by atoms with E-state index < -0.39 is 10.0 Å². The van der Waals surface area contributed by atoms with Gasteiger partial charge < -0.3 is 0 Å². The normalized spacial score (nSPS) is 11.4. The number of aromatic nitrogens is 1. The monoisotopic (exact) mass is 430 g/mol. The number of Topliss-reactive ketones (excluding diaryl/α,β-unsaturated/α-hetero) is 1. The summed E-state index contributed by atoms with van der Waals surface area (Å²) in [6.45, 7) is 0. The molecule has 5 nitrogen and oxygen atoms in total. The van der Waals surface area contributed by atoms with Gasteiger partial charge in [-0.1, -0.05) is 54.6 Å². The van der Waals surface area contributed by atoms with E-state index in [0.29, 0.717) is 18.5 Å². The molecule has 0 saturated carbocycles. The molecule has 1 aromatic heterocycles. The zero-order valence-corrected chi connectivity index (χ0v) is 17.7. The molecule has 0 amide bonds. The molecule has 0 atom stereocenters. The zero-order chi connectivity index (χ0) is 21.7. The third-order valence-corrected chi connectivity index (χ3v) is 6.47. The van der Waals surface area contributed by atoms with Crippen LogP contribution >= 0.6 is 0 Å². The van der Waals surface area contributed by atoms with Gasteiger partial charge in [0.2, 0.25) is 0 Å². The molecule has 0 saturated heterocycles. The van der Waals surface area contributed by atoms with Crippen molar-refractivity contribution in [1.82, 2.24) is 4.98 Å². The number of pyridine rings is 1. The highest BCUT2D eigenvalue weighted by Crippen LogP contribution is 2.25. The van der Waals surface area contributed by atoms with Crippen molar-refractivity contribution in [3.63, 3.8) is 0 Å². The number of hydrogen-bond donors (Lipinski definition) is 1. The molecule has 0 spiro atoms. The number of nitrogens with zero attached hydrogens (tertiary/aromatic N) is 1. The Labute approximate surface area is 181 Å². The summed E-state index contributed by atoms with van der Waals surface area (Å²) in [6, 6.07) is 23.4. The lowest BCUT2D eigenvalue weighted by Crippen LogP contribution is -2.13. The van der Waals surface area contributed by atoms with Gasteiger partial charge >= 0.3 is 0 Å². The molecule has 0 aliphatic rings. The lowest BCUT2D eigenvalue weighted by Gasteiger charge is -2.11. The van der Waals surface area contributed by atoms with E-state index in [1.165, 1.54) is 12.1 Å². The molecular weight excluding hydrogens is 408 g/mol. The SMILES string of the molecule is O=C(CCc1cccnc1)Cc1ccc(S(=O)(=O)Nc2cccc3ccccc23)cc1. The minimum absolute atomic E-state index is 0.105. The molecule has 0 radical (unpaired) electrons. The Balaban J connectivity index is 1.42. The zero-order valence-electron chi connectivity index (χ0n) is 16.9. The van der Waals surface area contributed by atoms with Crippen LogP contribution in [-0.2, 0) is 27.7 Å². The average molecular weight is 431 g/mol. The Kier molecular flexibility index (Phi) is 6.09. The van der Waals surface area contributed by atoms with Gasteiger partial charge in [0.05, 0.1) is 10.6 Å². The van der Waals surface area contributed by atoms with Gasteiger partial charge in [0, 0.05) is 30.6 Å². The van der Waals surface area contributed by atoms with Crippen LogP contribution in [0, 0.1) is 0 Å². The maximum Gasteiger partial charge on any atom is 0.261 e. The number of fused-ring (bicyclic) bond motifs is 1. The molecule has 0 unspecified atom stereocenters. The van der Waals surface area contributed by atoms with E-state index in [0.717, 1.165) is 21.9 Å². The Morgan fingerprint density at radius 2 is 1.61 bits per heavy atom. The smallest absolute Gasteiger partial charge is 0.261 e. The molecule has 1 N–H and O–H groups in total. The summed E-state index contributed by atoms with van der Waals surface area (Å²) in [6.07, 6.45) is 4.81. The highest BCUT2D eigenvalue weighted by atomic mass is 32.2. The molecule has 1 heterocycles. The van der Waals surface area contributed by atoms with Crippen LogP contribution in [0.2, 0.25) is 0 Å². The molecule has 0 aliphatic carbocycles. The minimum atomic E-state index is -3.74. The van der Waals surface area contributed by atoms with Crippen LogP contribution in [0.3, 0.4) is 0 Å². The number of benzene rings is 3. The second kappa shape index (κ2) is 9.10. The van der Waals surface area contributed by atoms with E-state index in [-0.39, 0.29) is 17.1 Å². The van der Waals surface area contributed by atoms with Gasteiger partial charge in [-0.15, -0.1) is 0 Å². The number of anilines is 1. The van der Waals surface area contributed by atoms with Crippen LogP contribution in [0.25, 0.3) is 10.8 Å². The first kappa shape index (κ1) is 20.8. The van der Waals surface area contributed by atoms with E-state index in [2.05, 4.69) is 9.71 Å². The summed E-state index contributed by atoms with van der Waals surface area (Å²) in [5, 5.41) is 1.80. The summed E-state index contributed by atoms with van der Waals surface area (Å²) in [5.74, 6) is 0.105. The van der Waals surface area contributed by atoms with Crippen molar-refractivity contribution in [1.29, 1.82) is 0 Å². The Morgan fingerprint density at radius 3 is 2.39 bits per heavy atom. The van der Waals surface area contributed by atoms with E-state index in [4.69, 9.17) is 0 Å². The van der Waals surface area contributed by atoms with Crippen LogP contribution in [0.4, 0.5) is 5.69 Å². The molecule has 0 bridgehead atoms. The maximum atomic E-state index is 12.9. The van der Waals surface area contributed by atoms with Crippen LogP contribution in [-0.4, -0.2) is 19.2 Å². The number of carbonyl (C=O) groups is 1. The lowest BCUT2D eigenvalue weighted by molar-refractivity contribution is -0.118. The Hall–Kier alpha value is -3.51. The van der Waals surface area contributed by atoms with Crippen molar-refractivity contribution in [3.05, 3.63) is 102 Å². The van der Waals surface area contributed by atoms with E-state index in [1.807, 2.05) is 48.5 Å². The predicted octanol–water partition coefficient (Wildman–Crippen LogP) is 4.78. The van der Waals surface area contributed by atoms with Gasteiger partial charge in [0.25, 0.3) is 10.0 Å². The third kappa shape index (κ3) is 5.16. The molecule has 0 aliphatic heterocycles. The highest BCUT2D eigenvalue weighted by Gasteiger charge is 2.16.